The number of hydrogen-bond donors (Lipinski definition) is 3. The van der Waals surface area contributed by atoms with E-state index in [-0.39, 0.29) is 47.2 Å². The first-order valence-corrected chi connectivity index (χ1v) is 13.8. The van der Waals surface area contributed by atoms with Gasteiger partial charge in [0.2, 0.25) is 5.95 Å². The maximum absolute atomic E-state index is 12.9. The Hall–Kier alpha value is -4.88. The smallest absolute Gasteiger partial charge is 0.325 e. The standard InChI is InChI=1S/C28H32N6O8/c1-3-4-5-6-7-8-9-33-23(37)17-13-19-20(14-18(17)24(33)38)26(40)34(25(19)39)10-11-42-22(36)15-29-28(41)32-27-30-16(2)12-21(35)31-27/h12-14H,3-11,15H2,1-2H3,(H3,29,30,31,32,35,41). The highest BCUT2D eigenvalue weighted by Gasteiger charge is 2.19. The number of fused-ring (bicyclic) bond motifs is 2. The topological polar surface area (TPSA) is 191 Å². The number of H-pyrrole nitrogens is 1. The van der Waals surface area contributed by atoms with E-state index in [0.29, 0.717) is 12.1 Å². The normalized spacial score (nSPS) is 11.3. The minimum atomic E-state index is -0.840. The third-order valence-electron chi connectivity index (χ3n) is 6.87. The van der Waals surface area contributed by atoms with Gasteiger partial charge in [-0.2, -0.15) is 0 Å². The number of nitrogens with zero attached hydrogens (tertiary/aromatic N) is 3. The van der Waals surface area contributed by atoms with Crippen molar-refractivity contribution in [3.63, 3.8) is 0 Å². The van der Waals surface area contributed by atoms with Crippen LogP contribution in [0.4, 0.5) is 10.7 Å². The number of rotatable bonds is 13. The zero-order chi connectivity index (χ0) is 30.4. The monoisotopic (exact) mass is 580 g/mol. The Morgan fingerprint density at radius 1 is 0.810 bits per heavy atom. The molecule has 14 heteroatoms. The summed E-state index contributed by atoms with van der Waals surface area (Å²) in [5, 5.41) is 4.71. The molecule has 0 aliphatic rings. The number of benzene rings is 1. The second-order valence-corrected chi connectivity index (χ2v) is 10.00. The molecule has 0 radical (unpaired) electrons. The van der Waals surface area contributed by atoms with Crippen molar-refractivity contribution in [1.82, 2.24) is 24.4 Å². The lowest BCUT2D eigenvalue weighted by atomic mass is 10.1. The summed E-state index contributed by atoms with van der Waals surface area (Å²) in [6.45, 7) is 2.83. The molecule has 4 aromatic rings. The molecular weight excluding hydrogens is 548 g/mol. The van der Waals surface area contributed by atoms with Crippen LogP contribution in [0.25, 0.3) is 21.5 Å². The molecule has 0 aliphatic carbocycles. The predicted molar refractivity (Wildman–Crippen MR) is 156 cm³/mol. The average molecular weight is 581 g/mol. The van der Waals surface area contributed by atoms with Crippen LogP contribution < -0.4 is 38.4 Å². The van der Waals surface area contributed by atoms with E-state index < -0.39 is 46.3 Å². The minimum absolute atomic E-state index is 0.00813. The fourth-order valence-electron chi connectivity index (χ4n) is 4.77. The Balaban J connectivity index is 1.37. The van der Waals surface area contributed by atoms with Crippen LogP contribution in [0.15, 0.2) is 42.2 Å². The fraction of sp³-hybridized carbons (Fsp3) is 0.429. The highest BCUT2D eigenvalue weighted by molar-refractivity contribution is 5.97. The SMILES string of the molecule is CCCCCCCCn1c(=O)c2cc3c(=O)n(CCOC(=O)CNC(=O)Nc4nc(C)cc(=O)[nH]4)c(=O)c3cc2c1=O. The first-order valence-electron chi connectivity index (χ1n) is 13.8. The summed E-state index contributed by atoms with van der Waals surface area (Å²) in [5.74, 6) is -0.940. The quantitative estimate of drug-likeness (QED) is 0.153. The summed E-state index contributed by atoms with van der Waals surface area (Å²) in [4.78, 5) is 93.4. The Kier molecular flexibility index (Phi) is 9.45. The van der Waals surface area contributed by atoms with Crippen molar-refractivity contribution in [2.45, 2.75) is 65.5 Å². The van der Waals surface area contributed by atoms with Crippen molar-refractivity contribution < 1.29 is 14.3 Å². The number of aromatic nitrogens is 4. The van der Waals surface area contributed by atoms with Crippen LogP contribution in [0, 0.1) is 6.92 Å². The van der Waals surface area contributed by atoms with Crippen LogP contribution in [0.1, 0.15) is 51.1 Å². The lowest BCUT2D eigenvalue weighted by molar-refractivity contribution is -0.142. The van der Waals surface area contributed by atoms with Gasteiger partial charge in [0.25, 0.3) is 27.8 Å². The molecule has 1 aromatic carbocycles. The maximum Gasteiger partial charge on any atom is 0.325 e. The Labute approximate surface area is 238 Å². The molecule has 222 valence electrons. The van der Waals surface area contributed by atoms with Crippen molar-refractivity contribution in [1.29, 1.82) is 0 Å². The number of amides is 2. The minimum Gasteiger partial charge on any atom is -0.462 e. The summed E-state index contributed by atoms with van der Waals surface area (Å²) in [5.41, 5.74) is -2.38. The molecule has 0 saturated heterocycles. The van der Waals surface area contributed by atoms with Crippen molar-refractivity contribution >= 4 is 39.5 Å². The average Bonchev–Trinajstić information content (AvgIpc) is 3.31. The third-order valence-corrected chi connectivity index (χ3v) is 6.87. The van der Waals surface area contributed by atoms with Crippen LogP contribution in [-0.4, -0.2) is 44.3 Å². The van der Waals surface area contributed by atoms with Gasteiger partial charge in [0.15, 0.2) is 0 Å². The van der Waals surface area contributed by atoms with Gasteiger partial charge in [-0.05, 0) is 25.5 Å². The number of esters is 1. The van der Waals surface area contributed by atoms with Gasteiger partial charge in [-0.15, -0.1) is 0 Å². The number of aromatic amines is 1. The highest BCUT2D eigenvalue weighted by Crippen LogP contribution is 2.15. The molecule has 4 rings (SSSR count). The second-order valence-electron chi connectivity index (χ2n) is 10.00. The summed E-state index contributed by atoms with van der Waals surface area (Å²) >= 11 is 0. The van der Waals surface area contributed by atoms with E-state index in [1.807, 2.05) is 0 Å². The van der Waals surface area contributed by atoms with Crippen molar-refractivity contribution in [2.75, 3.05) is 18.5 Å². The van der Waals surface area contributed by atoms with Gasteiger partial charge in [-0.25, -0.2) is 9.78 Å². The lowest BCUT2D eigenvalue weighted by Gasteiger charge is -2.08. The summed E-state index contributed by atoms with van der Waals surface area (Å²) in [7, 11) is 0. The van der Waals surface area contributed by atoms with Gasteiger partial charge in [0.1, 0.15) is 13.2 Å². The fourth-order valence-corrected chi connectivity index (χ4v) is 4.77. The molecule has 2 amide bonds. The number of ether oxygens (including phenoxy) is 1. The number of aryl methyl sites for hydroxylation is 1. The molecule has 0 aliphatic heterocycles. The van der Waals surface area contributed by atoms with Crippen LogP contribution in [0.5, 0.6) is 0 Å². The van der Waals surface area contributed by atoms with Gasteiger partial charge in [0, 0.05) is 18.3 Å². The van der Waals surface area contributed by atoms with Gasteiger partial charge in [-0.1, -0.05) is 39.0 Å². The van der Waals surface area contributed by atoms with Crippen LogP contribution in [-0.2, 0) is 22.6 Å². The molecule has 0 atom stereocenters. The van der Waals surface area contributed by atoms with Crippen molar-refractivity contribution in [3.05, 3.63) is 75.7 Å². The third kappa shape index (κ3) is 6.70. The van der Waals surface area contributed by atoms with Gasteiger partial charge >= 0.3 is 12.0 Å². The molecule has 3 N–H and O–H groups in total. The van der Waals surface area contributed by atoms with E-state index in [9.17, 15) is 33.6 Å². The van der Waals surface area contributed by atoms with Crippen LogP contribution in [0.3, 0.4) is 0 Å². The Morgan fingerprint density at radius 3 is 1.93 bits per heavy atom. The Bertz CT molecular complexity index is 1810. The molecular formula is C28H32N6O8. The second kappa shape index (κ2) is 13.2. The van der Waals surface area contributed by atoms with Gasteiger partial charge in [0.05, 0.1) is 28.1 Å². The first kappa shape index (κ1) is 30.1. The lowest BCUT2D eigenvalue weighted by Crippen LogP contribution is -2.35. The number of carbonyl (C=O) groups excluding carboxylic acids is 2. The van der Waals surface area contributed by atoms with Crippen molar-refractivity contribution in [2.24, 2.45) is 0 Å². The van der Waals surface area contributed by atoms with Crippen LogP contribution >= 0.6 is 0 Å². The maximum atomic E-state index is 12.9. The van der Waals surface area contributed by atoms with E-state index in [1.165, 1.54) is 18.2 Å². The number of unbranched alkanes of at least 4 members (excludes halogenated alkanes) is 5. The number of carbonyl (C=O) groups is 2. The molecule has 0 spiro atoms. The van der Waals surface area contributed by atoms with E-state index in [1.54, 1.807) is 6.92 Å². The number of anilines is 1. The Morgan fingerprint density at radius 2 is 1.36 bits per heavy atom. The molecule has 0 fully saturated rings. The van der Waals surface area contributed by atoms with Crippen LogP contribution in [0.2, 0.25) is 0 Å². The molecule has 0 unspecified atom stereocenters. The zero-order valence-corrected chi connectivity index (χ0v) is 23.4. The zero-order valence-electron chi connectivity index (χ0n) is 23.4. The highest BCUT2D eigenvalue weighted by atomic mass is 16.5. The molecule has 0 saturated carbocycles. The summed E-state index contributed by atoms with van der Waals surface area (Å²) in [6.07, 6.45) is 5.99. The summed E-state index contributed by atoms with van der Waals surface area (Å²) in [6, 6.07) is 3.00. The van der Waals surface area contributed by atoms with E-state index in [4.69, 9.17) is 4.74 Å². The molecule has 42 heavy (non-hydrogen) atoms. The van der Waals surface area contributed by atoms with E-state index >= 15 is 0 Å². The predicted octanol–water partition coefficient (Wildman–Crippen LogP) is 1.03. The summed E-state index contributed by atoms with van der Waals surface area (Å²) < 4.78 is 7.05. The van der Waals surface area contributed by atoms with Crippen molar-refractivity contribution in [3.8, 4) is 0 Å². The van der Waals surface area contributed by atoms with E-state index in [0.717, 1.165) is 41.2 Å². The molecule has 14 nitrogen and oxygen atoms in total. The number of urea groups is 1. The first-order chi connectivity index (χ1) is 20.1. The largest absolute Gasteiger partial charge is 0.462 e. The molecule has 0 bridgehead atoms. The van der Waals surface area contributed by atoms with E-state index in [2.05, 4.69) is 27.5 Å². The number of hydrogen-bond acceptors (Lipinski definition) is 9. The molecule has 3 heterocycles. The van der Waals surface area contributed by atoms with Gasteiger partial charge in [-0.3, -0.25) is 48.2 Å². The van der Waals surface area contributed by atoms with Gasteiger partial charge < -0.3 is 10.1 Å². The molecule has 3 aromatic heterocycles. The number of nitrogens with one attached hydrogen (secondary N) is 3.